The van der Waals surface area contributed by atoms with Crippen LogP contribution < -0.4 is 4.74 Å². The number of halogens is 5. The van der Waals surface area contributed by atoms with Gasteiger partial charge in [-0.2, -0.15) is 11.2 Å². The number of imidazole rings is 1. The molecule has 0 amide bonds. The van der Waals surface area contributed by atoms with Gasteiger partial charge in [-0.3, -0.25) is 9.67 Å². The van der Waals surface area contributed by atoms with Gasteiger partial charge in [0.2, 0.25) is 5.82 Å². The number of hydrogen-bond acceptors (Lipinski definition) is 3. The van der Waals surface area contributed by atoms with Crippen LogP contribution in [0.2, 0.25) is 0 Å². The molecule has 5 rings (SSSR count). The minimum absolute atomic E-state index is 0. The summed E-state index contributed by atoms with van der Waals surface area (Å²) in [6.45, 7) is 0. The van der Waals surface area contributed by atoms with Crippen LogP contribution in [0.15, 0.2) is 61.2 Å². The summed E-state index contributed by atoms with van der Waals surface area (Å²) in [5, 5.41) is 3.97. The van der Waals surface area contributed by atoms with Crippen LogP contribution in [0.5, 0.6) is 11.5 Å². The summed E-state index contributed by atoms with van der Waals surface area (Å²) < 4.78 is 77.8. The Hall–Kier alpha value is -3.78. The molecule has 0 radical (unpaired) electrons. The van der Waals surface area contributed by atoms with Gasteiger partial charge in [0.05, 0.1) is 17.6 Å². The molecule has 0 saturated heterocycles. The van der Waals surface area contributed by atoms with Crippen molar-refractivity contribution in [1.29, 1.82) is 0 Å². The van der Waals surface area contributed by atoms with Crippen molar-refractivity contribution in [1.82, 2.24) is 19.3 Å². The molecule has 0 N–H and O–H groups in total. The van der Waals surface area contributed by atoms with E-state index in [4.69, 9.17) is 4.74 Å². The van der Waals surface area contributed by atoms with Gasteiger partial charge in [-0.15, -0.1) is 42.0 Å². The van der Waals surface area contributed by atoms with E-state index in [1.807, 2.05) is 17.7 Å². The van der Waals surface area contributed by atoms with E-state index in [2.05, 4.69) is 22.2 Å². The predicted molar refractivity (Wildman–Crippen MR) is 115 cm³/mol. The van der Waals surface area contributed by atoms with Crippen LogP contribution in [0.1, 0.15) is 0 Å². The molecule has 0 saturated carbocycles. The van der Waals surface area contributed by atoms with Crippen LogP contribution in [-0.4, -0.2) is 19.3 Å². The standard InChI is InChI=1S/C25H13F5N4O.Pt/c1-33-9-8-31-25(33)14-4-2-6-17(10-14)35-18-7-3-5-16(11-18)34-13-15(12-32-34)19-20(26)22(28)24(30)23(29)21(19)27;/h2-9,12-13H,1H3;/q-2;+2. The topological polar surface area (TPSA) is 44.9 Å². The summed E-state index contributed by atoms with van der Waals surface area (Å²) in [7, 11) is 1.85. The Bertz CT molecular complexity index is 1540. The van der Waals surface area contributed by atoms with Crippen molar-refractivity contribution < 1.29 is 47.8 Å². The Labute approximate surface area is 216 Å². The number of ether oxygens (including phenoxy) is 1. The third kappa shape index (κ3) is 4.56. The number of rotatable bonds is 5. The van der Waals surface area contributed by atoms with E-state index in [-0.39, 0.29) is 32.4 Å². The van der Waals surface area contributed by atoms with E-state index in [9.17, 15) is 22.0 Å². The second-order valence-corrected chi connectivity index (χ2v) is 7.41. The molecule has 5 nitrogen and oxygen atoms in total. The first-order valence-electron chi connectivity index (χ1n) is 10.1. The van der Waals surface area contributed by atoms with Crippen LogP contribution >= 0.6 is 0 Å². The maximum Gasteiger partial charge on any atom is 2.00 e. The number of benzene rings is 3. The van der Waals surface area contributed by atoms with Gasteiger partial charge in [0.1, 0.15) is 0 Å². The van der Waals surface area contributed by atoms with Crippen molar-refractivity contribution >= 4 is 0 Å². The molecule has 0 aliphatic carbocycles. The van der Waals surface area contributed by atoms with Crippen molar-refractivity contribution in [2.45, 2.75) is 0 Å². The molecule has 0 unspecified atom stereocenters. The number of hydrogen-bond donors (Lipinski definition) is 0. The van der Waals surface area contributed by atoms with E-state index in [0.717, 1.165) is 12.4 Å². The maximum absolute atomic E-state index is 14.2. The second-order valence-electron chi connectivity index (χ2n) is 7.41. The third-order valence-corrected chi connectivity index (χ3v) is 5.13. The molecule has 0 aliphatic rings. The summed E-state index contributed by atoms with van der Waals surface area (Å²) in [6.07, 6.45) is 5.59. The quantitative estimate of drug-likeness (QED) is 0.0991. The molecule has 184 valence electrons. The molecule has 5 aromatic rings. The monoisotopic (exact) mass is 675 g/mol. The van der Waals surface area contributed by atoms with Gasteiger partial charge in [-0.05, 0) is 5.69 Å². The van der Waals surface area contributed by atoms with Crippen LogP contribution in [0.4, 0.5) is 22.0 Å². The van der Waals surface area contributed by atoms with Gasteiger partial charge in [-0.1, -0.05) is 6.07 Å². The summed E-state index contributed by atoms with van der Waals surface area (Å²) in [5.74, 6) is -8.79. The zero-order valence-electron chi connectivity index (χ0n) is 18.2. The molecule has 2 heterocycles. The van der Waals surface area contributed by atoms with E-state index in [1.54, 1.807) is 42.7 Å². The normalized spacial score (nSPS) is 10.8. The minimum Gasteiger partial charge on any atom is -0.503 e. The Kier molecular flexibility index (Phi) is 7.08. The fraction of sp³-hybridized carbons (Fsp3) is 0.0400. The van der Waals surface area contributed by atoms with Crippen molar-refractivity contribution in [2.75, 3.05) is 0 Å². The fourth-order valence-electron chi connectivity index (χ4n) is 3.45. The van der Waals surface area contributed by atoms with Gasteiger partial charge in [-0.25, -0.2) is 22.0 Å². The summed E-state index contributed by atoms with van der Waals surface area (Å²) in [5.41, 5.74) is -0.349. The SMILES string of the molecule is Cn1ccnc1-c1[c-]c(Oc2[c-]c(-n3cc(-c4c(F)c(F)c(F)c(F)c4F)cn3)ccc2)ccc1.[Pt+2]. The van der Waals surface area contributed by atoms with Crippen molar-refractivity contribution in [3.8, 4) is 39.7 Å². The summed E-state index contributed by atoms with van der Waals surface area (Å²) in [4.78, 5) is 4.28. The van der Waals surface area contributed by atoms with Crippen molar-refractivity contribution in [2.24, 2.45) is 7.05 Å². The molecule has 11 heteroatoms. The number of nitrogens with zero attached hydrogens (tertiary/aromatic N) is 4. The van der Waals surface area contributed by atoms with Gasteiger partial charge < -0.3 is 9.30 Å². The zero-order valence-corrected chi connectivity index (χ0v) is 20.4. The first-order valence-corrected chi connectivity index (χ1v) is 10.1. The summed E-state index contributed by atoms with van der Waals surface area (Å²) in [6, 6.07) is 16.2. The third-order valence-electron chi connectivity index (χ3n) is 5.13. The van der Waals surface area contributed by atoms with Crippen LogP contribution in [0, 0.1) is 41.2 Å². The molecular formula is C25H13F5N4OPt. The first-order chi connectivity index (χ1) is 16.8. The fourth-order valence-corrected chi connectivity index (χ4v) is 3.45. The molecule has 0 fully saturated rings. The van der Waals surface area contributed by atoms with Gasteiger partial charge >= 0.3 is 21.1 Å². The van der Waals surface area contributed by atoms with Crippen molar-refractivity contribution in [3.63, 3.8) is 0 Å². The van der Waals surface area contributed by atoms with Crippen LogP contribution in [0.3, 0.4) is 0 Å². The summed E-state index contributed by atoms with van der Waals surface area (Å²) >= 11 is 0. The number of aryl methyl sites for hydroxylation is 1. The van der Waals surface area contributed by atoms with E-state index < -0.39 is 34.6 Å². The Morgan fingerprint density at radius 2 is 1.47 bits per heavy atom. The van der Waals surface area contributed by atoms with E-state index >= 15 is 0 Å². The molecule has 0 atom stereocenters. The molecule has 0 spiro atoms. The molecule has 0 bridgehead atoms. The molecule has 36 heavy (non-hydrogen) atoms. The second kappa shape index (κ2) is 10.1. The average Bonchev–Trinajstić information content (AvgIpc) is 3.51. The maximum atomic E-state index is 14.2. The smallest absolute Gasteiger partial charge is 0.503 e. The minimum atomic E-state index is -2.22. The molecule has 2 aromatic heterocycles. The largest absolute Gasteiger partial charge is 2.00 e. The van der Waals surface area contributed by atoms with Crippen molar-refractivity contribution in [3.05, 3.63) is 102 Å². The van der Waals surface area contributed by atoms with Gasteiger partial charge in [0.15, 0.2) is 23.3 Å². The zero-order chi connectivity index (χ0) is 24.7. The Balaban J connectivity index is 0.00000304. The predicted octanol–water partition coefficient (Wildman–Crippen LogP) is 6.03. The van der Waals surface area contributed by atoms with Gasteiger partial charge in [0.25, 0.3) is 0 Å². The molecule has 0 aliphatic heterocycles. The van der Waals surface area contributed by atoms with Gasteiger partial charge in [0, 0.05) is 42.7 Å². The Morgan fingerprint density at radius 3 is 2.14 bits per heavy atom. The molecule has 3 aromatic carbocycles. The van der Waals surface area contributed by atoms with Crippen LogP contribution in [-0.2, 0) is 28.1 Å². The van der Waals surface area contributed by atoms with Crippen LogP contribution in [0.25, 0.3) is 28.2 Å². The number of aromatic nitrogens is 4. The average molecular weight is 675 g/mol. The van der Waals surface area contributed by atoms with E-state index in [1.165, 1.54) is 4.68 Å². The van der Waals surface area contributed by atoms with E-state index in [0.29, 0.717) is 22.8 Å². The molecular weight excluding hydrogens is 662 g/mol. The first kappa shape index (κ1) is 25.3. The Morgan fingerprint density at radius 1 is 0.833 bits per heavy atom.